The molecule has 0 aliphatic carbocycles. The fourth-order valence-corrected chi connectivity index (χ4v) is 7.84. The summed E-state index contributed by atoms with van der Waals surface area (Å²) in [5.74, 6) is 1.73. The van der Waals surface area contributed by atoms with Crippen LogP contribution < -0.4 is 13.8 Å². The maximum Gasteiger partial charge on any atom is 0.265 e. The summed E-state index contributed by atoms with van der Waals surface area (Å²) in [5.41, 5.74) is 1.58. The highest BCUT2D eigenvalue weighted by atomic mass is 32.2. The van der Waals surface area contributed by atoms with Crippen LogP contribution in [-0.4, -0.2) is 33.8 Å². The molecule has 1 aliphatic rings. The van der Waals surface area contributed by atoms with Crippen LogP contribution in [0.25, 0.3) is 0 Å². The number of nitrogens with zero attached hydrogens (tertiary/aromatic N) is 1. The van der Waals surface area contributed by atoms with Crippen LogP contribution in [0.2, 0.25) is 0 Å². The molecule has 4 rings (SSSR count). The molecule has 3 aromatic rings. The summed E-state index contributed by atoms with van der Waals surface area (Å²) in [6, 6.07) is 20.4. The Labute approximate surface area is 191 Å². The Kier molecular flexibility index (Phi) is 6.41. The van der Waals surface area contributed by atoms with Gasteiger partial charge in [0.15, 0.2) is 0 Å². The highest BCUT2D eigenvalue weighted by Crippen LogP contribution is 2.50. The SMILES string of the molecule is COc1cc(OC)c2c(c1)N(S(=O)(=O)c1ccc(C)cc1)C(Sc1ccccc1)CS2. The molecule has 0 saturated carbocycles. The molecule has 5 nitrogen and oxygen atoms in total. The molecular weight excluding hydrogens is 450 g/mol. The number of thioether (sulfide) groups is 2. The second-order valence-corrected chi connectivity index (χ2v) is 11.1. The van der Waals surface area contributed by atoms with Crippen LogP contribution in [0.3, 0.4) is 0 Å². The average molecular weight is 474 g/mol. The second kappa shape index (κ2) is 9.06. The van der Waals surface area contributed by atoms with E-state index in [4.69, 9.17) is 9.47 Å². The van der Waals surface area contributed by atoms with Crippen molar-refractivity contribution in [2.75, 3.05) is 24.3 Å². The Bertz CT molecular complexity index is 1170. The number of benzene rings is 3. The molecule has 8 heteroatoms. The minimum atomic E-state index is -3.82. The van der Waals surface area contributed by atoms with Crippen molar-refractivity contribution < 1.29 is 17.9 Å². The van der Waals surface area contributed by atoms with Crippen molar-refractivity contribution >= 4 is 39.2 Å². The van der Waals surface area contributed by atoms with Crippen LogP contribution in [0.15, 0.2) is 81.4 Å². The van der Waals surface area contributed by atoms with E-state index >= 15 is 0 Å². The van der Waals surface area contributed by atoms with Crippen molar-refractivity contribution in [3.8, 4) is 11.5 Å². The maximum absolute atomic E-state index is 13.9. The lowest BCUT2D eigenvalue weighted by Crippen LogP contribution is -2.42. The molecule has 0 aromatic heterocycles. The maximum atomic E-state index is 13.9. The first-order valence-electron chi connectivity index (χ1n) is 9.65. The number of hydrogen-bond acceptors (Lipinski definition) is 6. The molecular formula is C23H23NO4S3. The van der Waals surface area contributed by atoms with Crippen LogP contribution in [0.4, 0.5) is 5.69 Å². The third kappa shape index (κ3) is 4.37. The van der Waals surface area contributed by atoms with Gasteiger partial charge in [-0.15, -0.1) is 11.8 Å². The van der Waals surface area contributed by atoms with E-state index in [1.165, 1.54) is 16.1 Å². The Morgan fingerprint density at radius 2 is 1.71 bits per heavy atom. The fourth-order valence-electron chi connectivity index (χ4n) is 3.36. The minimum Gasteiger partial charge on any atom is -0.497 e. The number of anilines is 1. The smallest absolute Gasteiger partial charge is 0.265 e. The monoisotopic (exact) mass is 473 g/mol. The predicted octanol–water partition coefficient (Wildman–Crippen LogP) is 5.43. The van der Waals surface area contributed by atoms with Gasteiger partial charge in [0.1, 0.15) is 16.9 Å². The highest BCUT2D eigenvalue weighted by molar-refractivity contribution is 8.05. The van der Waals surface area contributed by atoms with Gasteiger partial charge in [-0.2, -0.15) is 0 Å². The summed E-state index contributed by atoms with van der Waals surface area (Å²) in [4.78, 5) is 2.07. The van der Waals surface area contributed by atoms with Crippen LogP contribution >= 0.6 is 23.5 Å². The fraction of sp³-hybridized carbons (Fsp3) is 0.217. The third-order valence-corrected chi connectivity index (χ3v) is 9.48. The van der Waals surface area contributed by atoms with Crippen molar-refractivity contribution in [1.82, 2.24) is 0 Å². The second-order valence-electron chi connectivity index (χ2n) is 6.99. The first kappa shape index (κ1) is 21.9. The molecule has 0 saturated heterocycles. The van der Waals surface area contributed by atoms with E-state index in [-0.39, 0.29) is 10.3 Å². The van der Waals surface area contributed by atoms with E-state index in [2.05, 4.69) is 0 Å². The van der Waals surface area contributed by atoms with Gasteiger partial charge < -0.3 is 9.47 Å². The normalized spacial score (nSPS) is 16.0. The van der Waals surface area contributed by atoms with Gasteiger partial charge in [0.25, 0.3) is 10.0 Å². The van der Waals surface area contributed by atoms with Crippen LogP contribution in [0.5, 0.6) is 11.5 Å². The van der Waals surface area contributed by atoms with Crippen molar-refractivity contribution in [3.05, 3.63) is 72.3 Å². The Morgan fingerprint density at radius 3 is 2.35 bits per heavy atom. The lowest BCUT2D eigenvalue weighted by atomic mass is 10.2. The standard InChI is InChI=1S/C23H23NO4S3/c1-16-9-11-19(12-10-16)31(25,26)24-20-13-17(27-2)14-21(28-3)23(20)29-15-22(24)30-18-7-5-4-6-8-18/h4-14,22H,15H2,1-3H3. The van der Waals surface area contributed by atoms with Crippen LogP contribution in [-0.2, 0) is 10.0 Å². The number of rotatable bonds is 6. The summed E-state index contributed by atoms with van der Waals surface area (Å²) in [7, 11) is -0.679. The van der Waals surface area contributed by atoms with E-state index in [1.807, 2.05) is 49.4 Å². The predicted molar refractivity (Wildman–Crippen MR) is 127 cm³/mol. The molecule has 31 heavy (non-hydrogen) atoms. The van der Waals surface area contributed by atoms with Gasteiger partial charge in [0.2, 0.25) is 0 Å². The number of fused-ring (bicyclic) bond motifs is 1. The van der Waals surface area contributed by atoms with Gasteiger partial charge in [-0.05, 0) is 31.2 Å². The van der Waals surface area contributed by atoms with E-state index in [0.29, 0.717) is 22.9 Å². The van der Waals surface area contributed by atoms with Gasteiger partial charge in [-0.1, -0.05) is 47.7 Å². The quantitative estimate of drug-likeness (QED) is 0.476. The number of aryl methyl sites for hydroxylation is 1. The van der Waals surface area contributed by atoms with Gasteiger partial charge in [-0.3, -0.25) is 4.31 Å². The molecule has 0 bridgehead atoms. The summed E-state index contributed by atoms with van der Waals surface area (Å²) >= 11 is 3.13. The van der Waals surface area contributed by atoms with Crippen molar-refractivity contribution in [2.45, 2.75) is 27.0 Å². The topological polar surface area (TPSA) is 55.8 Å². The lowest BCUT2D eigenvalue weighted by Gasteiger charge is -2.37. The summed E-state index contributed by atoms with van der Waals surface area (Å²) in [5, 5.41) is -0.331. The zero-order valence-corrected chi connectivity index (χ0v) is 19.9. The van der Waals surface area contributed by atoms with E-state index in [1.54, 1.807) is 50.2 Å². The first-order chi connectivity index (χ1) is 14.9. The molecule has 162 valence electrons. The van der Waals surface area contributed by atoms with Gasteiger partial charge in [0.05, 0.1) is 29.7 Å². The van der Waals surface area contributed by atoms with E-state index in [9.17, 15) is 8.42 Å². The molecule has 1 heterocycles. The molecule has 0 N–H and O–H groups in total. The average Bonchev–Trinajstić information content (AvgIpc) is 2.78. The molecule has 0 spiro atoms. The van der Waals surface area contributed by atoms with Crippen LogP contribution in [0.1, 0.15) is 5.56 Å². The zero-order chi connectivity index (χ0) is 22.0. The Morgan fingerprint density at radius 1 is 1.00 bits per heavy atom. The van der Waals surface area contributed by atoms with Crippen molar-refractivity contribution in [2.24, 2.45) is 0 Å². The molecule has 0 fully saturated rings. The molecule has 0 amide bonds. The summed E-state index contributed by atoms with van der Waals surface area (Å²) < 4.78 is 40.3. The first-order valence-corrected chi connectivity index (χ1v) is 13.0. The number of methoxy groups -OCH3 is 2. The Hall–Kier alpha value is -2.29. The summed E-state index contributed by atoms with van der Waals surface area (Å²) in [6.45, 7) is 1.94. The summed E-state index contributed by atoms with van der Waals surface area (Å²) in [6.07, 6.45) is 0. The lowest BCUT2D eigenvalue weighted by molar-refractivity contribution is 0.387. The third-order valence-electron chi connectivity index (χ3n) is 4.93. The largest absolute Gasteiger partial charge is 0.497 e. The van der Waals surface area contributed by atoms with Crippen LogP contribution in [0, 0.1) is 6.92 Å². The van der Waals surface area contributed by atoms with Gasteiger partial charge in [-0.25, -0.2) is 8.42 Å². The van der Waals surface area contributed by atoms with Gasteiger partial charge in [0, 0.05) is 22.8 Å². The van der Waals surface area contributed by atoms with Crippen molar-refractivity contribution in [3.63, 3.8) is 0 Å². The number of hydrogen-bond donors (Lipinski definition) is 0. The van der Waals surface area contributed by atoms with E-state index < -0.39 is 10.0 Å². The minimum absolute atomic E-state index is 0.261. The molecule has 0 radical (unpaired) electrons. The van der Waals surface area contributed by atoms with E-state index in [0.717, 1.165) is 15.4 Å². The molecule has 1 aliphatic heterocycles. The molecule has 1 atom stereocenters. The molecule has 3 aromatic carbocycles. The number of sulfonamides is 1. The molecule has 1 unspecified atom stereocenters. The zero-order valence-electron chi connectivity index (χ0n) is 17.4. The van der Waals surface area contributed by atoms with Crippen molar-refractivity contribution in [1.29, 1.82) is 0 Å². The highest BCUT2D eigenvalue weighted by Gasteiger charge is 2.39. The number of ether oxygens (including phenoxy) is 2. The Balaban J connectivity index is 1.88. The van der Waals surface area contributed by atoms with Gasteiger partial charge >= 0.3 is 0 Å².